The molecule has 1 aliphatic rings. The van der Waals surface area contributed by atoms with Gasteiger partial charge in [0.15, 0.2) is 18.1 Å². The Balaban J connectivity index is 1.88. The number of carbonyl (C=O) groups excluding carboxylic acids is 2. The summed E-state index contributed by atoms with van der Waals surface area (Å²) < 4.78 is 11.0. The number of methoxy groups -OCH3 is 1. The van der Waals surface area contributed by atoms with E-state index in [9.17, 15) is 9.59 Å². The van der Waals surface area contributed by atoms with Gasteiger partial charge in [0.1, 0.15) is 0 Å². The molecule has 0 atom stereocenters. The number of para-hydroxylation sites is 2. The van der Waals surface area contributed by atoms with Gasteiger partial charge < -0.3 is 19.3 Å². The molecule has 1 aromatic carbocycles. The van der Waals surface area contributed by atoms with E-state index in [1.54, 1.807) is 19.2 Å². The molecule has 0 unspecified atom stereocenters. The van der Waals surface area contributed by atoms with Gasteiger partial charge in [0.05, 0.1) is 7.11 Å². The fourth-order valence-corrected chi connectivity index (χ4v) is 3.29. The third-order valence-electron chi connectivity index (χ3n) is 5.21. The molecule has 162 valence electrons. The molecule has 6 heteroatoms. The molecule has 0 bridgehead atoms. The number of hydrogen-bond acceptors (Lipinski definition) is 4. The van der Waals surface area contributed by atoms with E-state index in [0.29, 0.717) is 24.5 Å². The molecule has 1 fully saturated rings. The van der Waals surface area contributed by atoms with E-state index in [1.165, 1.54) is 0 Å². The fourth-order valence-electron chi connectivity index (χ4n) is 3.29. The van der Waals surface area contributed by atoms with E-state index >= 15 is 0 Å². The number of ether oxygens (including phenoxy) is 2. The molecular weight excluding hydrogens is 368 g/mol. The van der Waals surface area contributed by atoms with Crippen LogP contribution in [0.5, 0.6) is 11.5 Å². The second-order valence-electron chi connectivity index (χ2n) is 7.60. The lowest BCUT2D eigenvalue weighted by Crippen LogP contribution is -2.40. The Morgan fingerprint density at radius 2 is 1.59 bits per heavy atom. The van der Waals surface area contributed by atoms with Crippen LogP contribution in [0.1, 0.15) is 58.8 Å². The van der Waals surface area contributed by atoms with Crippen LogP contribution in [-0.2, 0) is 9.59 Å². The summed E-state index contributed by atoms with van der Waals surface area (Å²) in [5.41, 5.74) is 0. The van der Waals surface area contributed by atoms with Gasteiger partial charge in [0, 0.05) is 32.1 Å². The van der Waals surface area contributed by atoms with E-state index in [1.807, 2.05) is 21.9 Å². The maximum Gasteiger partial charge on any atom is 0.260 e. The van der Waals surface area contributed by atoms with Crippen molar-refractivity contribution in [1.82, 2.24) is 9.80 Å². The average molecular weight is 405 g/mol. The Kier molecular flexibility index (Phi) is 9.81. The van der Waals surface area contributed by atoms with Gasteiger partial charge in [-0.2, -0.15) is 0 Å². The molecule has 0 aliphatic heterocycles. The summed E-state index contributed by atoms with van der Waals surface area (Å²) in [5, 5.41) is 0. The normalized spacial score (nSPS) is 13.1. The number of unbranched alkanes of at least 4 members (excludes halogenated alkanes) is 2. The second kappa shape index (κ2) is 12.3. The van der Waals surface area contributed by atoms with Crippen LogP contribution in [0.3, 0.4) is 0 Å². The van der Waals surface area contributed by atoms with E-state index in [0.717, 1.165) is 51.6 Å². The number of amides is 2. The molecule has 0 aromatic heterocycles. The first-order valence-corrected chi connectivity index (χ1v) is 10.9. The summed E-state index contributed by atoms with van der Waals surface area (Å²) in [6.07, 6.45) is 6.57. The van der Waals surface area contributed by atoms with Crippen molar-refractivity contribution in [2.75, 3.05) is 33.4 Å². The molecular formula is C23H36N2O4. The zero-order valence-corrected chi connectivity index (χ0v) is 18.2. The average Bonchev–Trinajstić information content (AvgIpc) is 3.57. The standard InChI is InChI=1S/C23H36N2O4/c1-4-6-15-24(16-7-5-2)22(26)14-17-25(19-12-13-19)23(27)18-29-21-11-9-8-10-20(21)28-3/h8-11,19H,4-7,12-18H2,1-3H3. The van der Waals surface area contributed by atoms with Crippen LogP contribution in [-0.4, -0.2) is 61.0 Å². The minimum absolute atomic E-state index is 0.0412. The highest BCUT2D eigenvalue weighted by Crippen LogP contribution is 2.29. The molecule has 0 N–H and O–H groups in total. The second-order valence-corrected chi connectivity index (χ2v) is 7.60. The Bertz CT molecular complexity index is 638. The Morgan fingerprint density at radius 1 is 0.966 bits per heavy atom. The molecule has 0 spiro atoms. The minimum Gasteiger partial charge on any atom is -0.493 e. The van der Waals surface area contributed by atoms with Crippen LogP contribution in [0.2, 0.25) is 0 Å². The van der Waals surface area contributed by atoms with Crippen molar-refractivity contribution < 1.29 is 19.1 Å². The number of rotatable bonds is 14. The fraction of sp³-hybridized carbons (Fsp3) is 0.652. The summed E-state index contributed by atoms with van der Waals surface area (Å²) in [6, 6.07) is 7.55. The lowest BCUT2D eigenvalue weighted by atomic mass is 10.2. The maximum atomic E-state index is 12.8. The monoisotopic (exact) mass is 404 g/mol. The lowest BCUT2D eigenvalue weighted by Gasteiger charge is -2.26. The Labute approximate surface area is 175 Å². The molecule has 1 saturated carbocycles. The van der Waals surface area contributed by atoms with Crippen molar-refractivity contribution in [3.63, 3.8) is 0 Å². The predicted octanol–water partition coefficient (Wildman–Crippen LogP) is 3.88. The Morgan fingerprint density at radius 3 is 2.14 bits per heavy atom. The largest absolute Gasteiger partial charge is 0.493 e. The minimum atomic E-state index is -0.0696. The summed E-state index contributed by atoms with van der Waals surface area (Å²) in [4.78, 5) is 29.3. The molecule has 1 aromatic rings. The first-order valence-electron chi connectivity index (χ1n) is 10.9. The van der Waals surface area contributed by atoms with E-state index in [-0.39, 0.29) is 24.5 Å². The van der Waals surface area contributed by atoms with Crippen LogP contribution in [0.25, 0.3) is 0 Å². The van der Waals surface area contributed by atoms with Crippen molar-refractivity contribution in [2.45, 2.75) is 64.8 Å². The van der Waals surface area contributed by atoms with Gasteiger partial charge in [0.2, 0.25) is 5.91 Å². The van der Waals surface area contributed by atoms with Gasteiger partial charge >= 0.3 is 0 Å². The first-order chi connectivity index (χ1) is 14.1. The van der Waals surface area contributed by atoms with E-state index in [2.05, 4.69) is 13.8 Å². The summed E-state index contributed by atoms with van der Waals surface area (Å²) in [6.45, 7) is 6.31. The van der Waals surface area contributed by atoms with Crippen LogP contribution >= 0.6 is 0 Å². The highest BCUT2D eigenvalue weighted by Gasteiger charge is 2.33. The van der Waals surface area contributed by atoms with E-state index in [4.69, 9.17) is 9.47 Å². The van der Waals surface area contributed by atoms with Crippen molar-refractivity contribution in [3.05, 3.63) is 24.3 Å². The van der Waals surface area contributed by atoms with Crippen LogP contribution in [0, 0.1) is 0 Å². The summed E-state index contributed by atoms with van der Waals surface area (Å²) >= 11 is 0. The number of hydrogen-bond donors (Lipinski definition) is 0. The maximum absolute atomic E-state index is 12.8. The molecule has 6 nitrogen and oxygen atoms in total. The molecule has 2 rings (SSSR count). The highest BCUT2D eigenvalue weighted by molar-refractivity contribution is 5.80. The van der Waals surface area contributed by atoms with Crippen LogP contribution in [0.4, 0.5) is 0 Å². The molecule has 0 heterocycles. The third-order valence-corrected chi connectivity index (χ3v) is 5.21. The molecule has 0 saturated heterocycles. The number of nitrogens with zero attached hydrogens (tertiary/aromatic N) is 2. The molecule has 2 amide bonds. The van der Waals surface area contributed by atoms with Crippen molar-refractivity contribution in [1.29, 1.82) is 0 Å². The van der Waals surface area contributed by atoms with Crippen LogP contribution in [0.15, 0.2) is 24.3 Å². The zero-order valence-electron chi connectivity index (χ0n) is 18.2. The topological polar surface area (TPSA) is 59.1 Å². The smallest absolute Gasteiger partial charge is 0.260 e. The first kappa shape index (κ1) is 23.0. The van der Waals surface area contributed by atoms with Crippen molar-refractivity contribution in [2.24, 2.45) is 0 Å². The number of carbonyl (C=O) groups is 2. The van der Waals surface area contributed by atoms with Gasteiger partial charge in [0.25, 0.3) is 5.91 Å². The van der Waals surface area contributed by atoms with Crippen molar-refractivity contribution >= 4 is 11.8 Å². The van der Waals surface area contributed by atoms with Gasteiger partial charge in [-0.05, 0) is 37.8 Å². The van der Waals surface area contributed by atoms with Crippen LogP contribution < -0.4 is 9.47 Å². The van der Waals surface area contributed by atoms with E-state index < -0.39 is 0 Å². The van der Waals surface area contributed by atoms with Gasteiger partial charge in [-0.15, -0.1) is 0 Å². The highest BCUT2D eigenvalue weighted by atomic mass is 16.5. The summed E-state index contributed by atoms with van der Waals surface area (Å²) in [7, 11) is 1.58. The Hall–Kier alpha value is -2.24. The summed E-state index contributed by atoms with van der Waals surface area (Å²) in [5.74, 6) is 1.24. The van der Waals surface area contributed by atoms with Gasteiger partial charge in [-0.3, -0.25) is 9.59 Å². The lowest BCUT2D eigenvalue weighted by molar-refractivity contribution is -0.136. The van der Waals surface area contributed by atoms with Gasteiger partial charge in [-0.1, -0.05) is 38.8 Å². The van der Waals surface area contributed by atoms with Gasteiger partial charge in [-0.25, -0.2) is 0 Å². The number of benzene rings is 1. The molecule has 1 aliphatic carbocycles. The predicted molar refractivity (Wildman–Crippen MR) is 114 cm³/mol. The van der Waals surface area contributed by atoms with Crippen molar-refractivity contribution in [3.8, 4) is 11.5 Å². The molecule has 29 heavy (non-hydrogen) atoms. The molecule has 0 radical (unpaired) electrons. The quantitative estimate of drug-likeness (QED) is 0.472. The third kappa shape index (κ3) is 7.59. The zero-order chi connectivity index (χ0) is 21.1. The SMILES string of the molecule is CCCCN(CCCC)C(=O)CCN(C(=O)COc1ccccc1OC)C1CC1.